The molecule has 5 nitrogen and oxygen atoms in total. The number of amides is 1. The fourth-order valence-electron chi connectivity index (χ4n) is 1.95. The van der Waals surface area contributed by atoms with Crippen LogP contribution < -0.4 is 5.73 Å². The van der Waals surface area contributed by atoms with Gasteiger partial charge in [0.05, 0.1) is 20.1 Å². The van der Waals surface area contributed by atoms with Crippen molar-refractivity contribution in [1.29, 1.82) is 0 Å². The lowest BCUT2D eigenvalue weighted by atomic mass is 10.0. The van der Waals surface area contributed by atoms with Crippen LogP contribution in [0.4, 0.5) is 0 Å². The van der Waals surface area contributed by atoms with Gasteiger partial charge < -0.3 is 10.5 Å². The second-order valence-corrected chi connectivity index (χ2v) is 4.99. The van der Waals surface area contributed by atoms with E-state index in [1.807, 2.05) is 43.0 Å². The van der Waals surface area contributed by atoms with Crippen molar-refractivity contribution in [1.82, 2.24) is 4.90 Å². The fourth-order valence-corrected chi connectivity index (χ4v) is 1.95. The van der Waals surface area contributed by atoms with Gasteiger partial charge in [-0.15, -0.1) is 0 Å². The minimum absolute atomic E-state index is 0.189. The third-order valence-electron chi connectivity index (χ3n) is 3.14. The summed E-state index contributed by atoms with van der Waals surface area (Å²) in [6.45, 7) is 4.79. The highest BCUT2D eigenvalue weighted by Crippen LogP contribution is 2.14. The molecule has 0 heterocycles. The van der Waals surface area contributed by atoms with Crippen LogP contribution in [0.15, 0.2) is 24.3 Å². The summed E-state index contributed by atoms with van der Waals surface area (Å²) in [5.74, 6) is -0.632. The largest absolute Gasteiger partial charge is 0.469 e. The van der Waals surface area contributed by atoms with Crippen molar-refractivity contribution in [3.63, 3.8) is 0 Å². The maximum atomic E-state index is 11.4. The summed E-state index contributed by atoms with van der Waals surface area (Å²) in [5.41, 5.74) is 7.19. The van der Waals surface area contributed by atoms with Crippen molar-refractivity contribution in [3.05, 3.63) is 35.4 Å². The Morgan fingerprint density at radius 1 is 1.25 bits per heavy atom. The highest BCUT2D eigenvalue weighted by Gasteiger charge is 2.15. The van der Waals surface area contributed by atoms with Crippen molar-refractivity contribution >= 4 is 11.9 Å². The Morgan fingerprint density at radius 3 is 2.35 bits per heavy atom. The van der Waals surface area contributed by atoms with Crippen LogP contribution in [0.1, 0.15) is 25.0 Å². The van der Waals surface area contributed by atoms with E-state index in [0.29, 0.717) is 6.54 Å². The molecule has 0 aliphatic rings. The topological polar surface area (TPSA) is 72.6 Å². The molecule has 1 rings (SSSR count). The smallest absolute Gasteiger partial charge is 0.309 e. The Hall–Kier alpha value is -1.88. The average molecular weight is 278 g/mol. The predicted molar refractivity (Wildman–Crippen MR) is 76.9 cm³/mol. The van der Waals surface area contributed by atoms with Crippen LogP contribution in [0.25, 0.3) is 0 Å². The summed E-state index contributed by atoms with van der Waals surface area (Å²) >= 11 is 0. The van der Waals surface area contributed by atoms with Gasteiger partial charge in [-0.25, -0.2) is 0 Å². The third-order valence-corrected chi connectivity index (χ3v) is 3.14. The number of ether oxygens (including phenoxy) is 1. The van der Waals surface area contributed by atoms with Gasteiger partial charge >= 0.3 is 5.97 Å². The molecular weight excluding hydrogens is 256 g/mol. The first-order valence-electron chi connectivity index (χ1n) is 6.60. The highest BCUT2D eigenvalue weighted by molar-refractivity contribution is 5.76. The Balaban J connectivity index is 2.89. The Bertz CT molecular complexity index is 472. The molecule has 20 heavy (non-hydrogen) atoms. The standard InChI is InChI=1S/C15H22N2O3/c1-11(2)17(10-14(16)18)9-13-7-5-4-6-12(13)8-15(19)20-3/h4-7,11H,8-10H2,1-3H3,(H2,16,18). The molecule has 0 saturated carbocycles. The number of methoxy groups -OCH3 is 1. The van der Waals surface area contributed by atoms with Crippen LogP contribution in [-0.2, 0) is 27.3 Å². The Morgan fingerprint density at radius 2 is 1.85 bits per heavy atom. The number of carbonyl (C=O) groups is 2. The van der Waals surface area contributed by atoms with E-state index in [-0.39, 0.29) is 30.9 Å². The summed E-state index contributed by atoms with van der Waals surface area (Å²) in [4.78, 5) is 24.5. The van der Waals surface area contributed by atoms with E-state index in [0.717, 1.165) is 11.1 Å². The van der Waals surface area contributed by atoms with E-state index in [2.05, 4.69) is 0 Å². The molecule has 0 bridgehead atoms. The fraction of sp³-hybridized carbons (Fsp3) is 0.467. The highest BCUT2D eigenvalue weighted by atomic mass is 16.5. The minimum Gasteiger partial charge on any atom is -0.469 e. The first-order chi connectivity index (χ1) is 9.43. The molecule has 5 heteroatoms. The molecule has 0 fully saturated rings. The molecule has 1 aromatic carbocycles. The Kier molecular flexibility index (Phi) is 6.18. The molecule has 0 atom stereocenters. The monoisotopic (exact) mass is 278 g/mol. The molecule has 0 radical (unpaired) electrons. The van der Waals surface area contributed by atoms with Crippen LogP contribution in [0.3, 0.4) is 0 Å². The second-order valence-electron chi connectivity index (χ2n) is 4.99. The molecule has 0 saturated heterocycles. The quantitative estimate of drug-likeness (QED) is 0.758. The van der Waals surface area contributed by atoms with E-state index >= 15 is 0 Å². The zero-order valence-electron chi connectivity index (χ0n) is 12.3. The molecule has 0 aliphatic heterocycles. The third kappa shape index (κ3) is 5.01. The first kappa shape index (κ1) is 16.2. The van der Waals surface area contributed by atoms with Crippen LogP contribution in [0.5, 0.6) is 0 Å². The predicted octanol–water partition coefficient (Wildman–Crippen LogP) is 1.10. The van der Waals surface area contributed by atoms with Crippen LogP contribution in [0.2, 0.25) is 0 Å². The summed E-state index contributed by atoms with van der Waals surface area (Å²) < 4.78 is 4.70. The summed E-state index contributed by atoms with van der Waals surface area (Å²) in [7, 11) is 1.37. The van der Waals surface area contributed by atoms with Crippen LogP contribution in [0, 0.1) is 0 Å². The molecular formula is C15H22N2O3. The molecule has 2 N–H and O–H groups in total. The van der Waals surface area contributed by atoms with Crippen molar-refractivity contribution in [2.75, 3.05) is 13.7 Å². The van der Waals surface area contributed by atoms with Gasteiger partial charge in [0.1, 0.15) is 0 Å². The van der Waals surface area contributed by atoms with Gasteiger partial charge in [-0.2, -0.15) is 0 Å². The Labute approximate surface area is 119 Å². The summed E-state index contributed by atoms with van der Waals surface area (Å²) in [5, 5.41) is 0. The van der Waals surface area contributed by atoms with Crippen molar-refractivity contribution < 1.29 is 14.3 Å². The van der Waals surface area contributed by atoms with Crippen molar-refractivity contribution in [2.45, 2.75) is 32.9 Å². The average Bonchev–Trinajstić information content (AvgIpc) is 2.39. The number of hydrogen-bond donors (Lipinski definition) is 1. The lowest BCUT2D eigenvalue weighted by Gasteiger charge is -2.26. The van der Waals surface area contributed by atoms with Crippen molar-refractivity contribution in [3.8, 4) is 0 Å². The van der Waals surface area contributed by atoms with Gasteiger partial charge in [0, 0.05) is 12.6 Å². The van der Waals surface area contributed by atoms with E-state index in [1.54, 1.807) is 0 Å². The number of nitrogens with two attached hydrogens (primary N) is 1. The molecule has 110 valence electrons. The maximum Gasteiger partial charge on any atom is 0.309 e. The zero-order valence-corrected chi connectivity index (χ0v) is 12.3. The molecule has 0 aliphatic carbocycles. The molecule has 0 unspecified atom stereocenters. The van der Waals surface area contributed by atoms with Gasteiger partial charge in [0.2, 0.25) is 5.91 Å². The van der Waals surface area contributed by atoms with Gasteiger partial charge in [0.25, 0.3) is 0 Å². The molecule has 1 aromatic rings. The lowest BCUT2D eigenvalue weighted by molar-refractivity contribution is -0.139. The number of esters is 1. The number of nitrogens with zero attached hydrogens (tertiary/aromatic N) is 1. The van der Waals surface area contributed by atoms with Crippen molar-refractivity contribution in [2.24, 2.45) is 5.73 Å². The van der Waals surface area contributed by atoms with E-state index in [9.17, 15) is 9.59 Å². The normalized spacial score (nSPS) is 10.8. The zero-order chi connectivity index (χ0) is 15.1. The lowest BCUT2D eigenvalue weighted by Crippen LogP contribution is -2.38. The number of primary amides is 1. The van der Waals surface area contributed by atoms with E-state index in [1.165, 1.54) is 7.11 Å². The molecule has 0 aromatic heterocycles. The SMILES string of the molecule is COC(=O)Cc1ccccc1CN(CC(N)=O)C(C)C. The van der Waals surface area contributed by atoms with Crippen LogP contribution in [-0.4, -0.2) is 36.5 Å². The van der Waals surface area contributed by atoms with Crippen LogP contribution >= 0.6 is 0 Å². The second kappa shape index (κ2) is 7.65. The minimum atomic E-state index is -0.357. The summed E-state index contributed by atoms with van der Waals surface area (Å²) in [6.07, 6.45) is 0.231. The van der Waals surface area contributed by atoms with Gasteiger partial charge in [0.15, 0.2) is 0 Å². The van der Waals surface area contributed by atoms with Gasteiger partial charge in [-0.1, -0.05) is 24.3 Å². The van der Waals surface area contributed by atoms with E-state index in [4.69, 9.17) is 10.5 Å². The number of rotatable bonds is 7. The van der Waals surface area contributed by atoms with Gasteiger partial charge in [-0.3, -0.25) is 14.5 Å². The molecule has 1 amide bonds. The summed E-state index contributed by atoms with van der Waals surface area (Å²) in [6, 6.07) is 7.84. The van der Waals surface area contributed by atoms with E-state index < -0.39 is 0 Å². The number of carbonyl (C=O) groups excluding carboxylic acids is 2. The molecule has 0 spiro atoms. The van der Waals surface area contributed by atoms with Gasteiger partial charge in [-0.05, 0) is 25.0 Å². The maximum absolute atomic E-state index is 11.4. The number of benzene rings is 1. The first-order valence-corrected chi connectivity index (χ1v) is 6.60. The number of hydrogen-bond acceptors (Lipinski definition) is 4.